The number of rotatable bonds is 1. The third kappa shape index (κ3) is 3.27. The van der Waals surface area contributed by atoms with Crippen molar-refractivity contribution in [3.05, 3.63) is 33.3 Å². The fourth-order valence-electron chi connectivity index (χ4n) is 2.01. The molecular weight excluding hydrogens is 346 g/mol. The topological polar surface area (TPSA) is 49.8 Å². The molecule has 110 valence electrons. The highest BCUT2D eigenvalue weighted by atomic mass is 79.9. The molecule has 1 saturated heterocycles. The van der Waals surface area contributed by atoms with Crippen LogP contribution in [0.5, 0.6) is 0 Å². The molecule has 1 aromatic carbocycles. The monoisotopic (exact) mass is 361 g/mol. The maximum absolute atomic E-state index is 11.8. The summed E-state index contributed by atoms with van der Waals surface area (Å²) in [6.45, 7) is 5.85. The summed E-state index contributed by atoms with van der Waals surface area (Å²) in [5, 5.41) is 11.0. The van der Waals surface area contributed by atoms with Crippen LogP contribution in [0.15, 0.2) is 22.7 Å². The zero-order valence-electron chi connectivity index (χ0n) is 11.6. The van der Waals surface area contributed by atoms with Gasteiger partial charge >= 0.3 is 6.09 Å². The molecule has 0 spiro atoms. The molecule has 1 fully saturated rings. The number of likely N-dealkylation sites (tertiary alicyclic amines) is 1. The normalized spacial score (nSPS) is 17.6. The highest BCUT2D eigenvalue weighted by molar-refractivity contribution is 9.10. The van der Waals surface area contributed by atoms with Crippen LogP contribution in [-0.4, -0.2) is 34.8 Å². The summed E-state index contributed by atoms with van der Waals surface area (Å²) < 4.78 is 6.03. The van der Waals surface area contributed by atoms with Crippen molar-refractivity contribution in [2.75, 3.05) is 13.1 Å². The molecule has 1 aliphatic heterocycles. The number of nitrogens with zero attached hydrogens (tertiary/aromatic N) is 1. The van der Waals surface area contributed by atoms with Gasteiger partial charge in [0, 0.05) is 4.47 Å². The van der Waals surface area contributed by atoms with Gasteiger partial charge in [-0.3, -0.25) is 0 Å². The summed E-state index contributed by atoms with van der Waals surface area (Å²) in [6.07, 6.45) is -0.412. The standard InChI is InChI=1S/C14H17BrClNO3/c1-13(2,3)20-12(18)17-7-14(19,8-17)9-4-5-10(15)11(16)6-9/h4-6,19H,7-8H2,1-3H3. The molecule has 0 radical (unpaired) electrons. The van der Waals surface area contributed by atoms with E-state index in [1.165, 1.54) is 4.90 Å². The molecule has 0 aromatic heterocycles. The van der Waals surface area contributed by atoms with Gasteiger partial charge in [-0.05, 0) is 54.4 Å². The zero-order valence-corrected chi connectivity index (χ0v) is 14.0. The third-order valence-electron chi connectivity index (χ3n) is 3.01. The highest BCUT2D eigenvalue weighted by Crippen LogP contribution is 2.35. The van der Waals surface area contributed by atoms with E-state index in [9.17, 15) is 9.90 Å². The quantitative estimate of drug-likeness (QED) is 0.831. The van der Waals surface area contributed by atoms with Gasteiger partial charge in [-0.2, -0.15) is 0 Å². The molecule has 0 atom stereocenters. The van der Waals surface area contributed by atoms with Gasteiger partial charge in [-0.15, -0.1) is 0 Å². The van der Waals surface area contributed by atoms with Gasteiger partial charge in [0.1, 0.15) is 11.2 Å². The molecule has 6 heteroatoms. The van der Waals surface area contributed by atoms with Crippen LogP contribution in [0.25, 0.3) is 0 Å². The first kappa shape index (κ1) is 15.6. The van der Waals surface area contributed by atoms with Crippen molar-refractivity contribution >= 4 is 33.6 Å². The molecule has 4 nitrogen and oxygen atoms in total. The van der Waals surface area contributed by atoms with Crippen LogP contribution in [-0.2, 0) is 10.3 Å². The number of hydrogen-bond donors (Lipinski definition) is 1. The lowest BCUT2D eigenvalue weighted by Crippen LogP contribution is -2.61. The van der Waals surface area contributed by atoms with E-state index in [2.05, 4.69) is 15.9 Å². The number of amides is 1. The number of carbonyl (C=O) groups is 1. The SMILES string of the molecule is CC(C)(C)OC(=O)N1CC(O)(c2ccc(Br)c(Cl)c2)C1. The van der Waals surface area contributed by atoms with Crippen molar-refractivity contribution in [2.24, 2.45) is 0 Å². The molecule has 0 bridgehead atoms. The van der Waals surface area contributed by atoms with Gasteiger partial charge in [0.25, 0.3) is 0 Å². The van der Waals surface area contributed by atoms with Gasteiger partial charge in [-0.25, -0.2) is 4.79 Å². The Morgan fingerprint density at radius 1 is 1.45 bits per heavy atom. The molecule has 1 N–H and O–H groups in total. The summed E-state index contributed by atoms with van der Waals surface area (Å²) in [5.41, 5.74) is -0.891. The molecule has 1 aliphatic rings. The van der Waals surface area contributed by atoms with Gasteiger partial charge in [0.05, 0.1) is 18.1 Å². The molecule has 0 saturated carbocycles. The van der Waals surface area contributed by atoms with Crippen LogP contribution < -0.4 is 0 Å². The smallest absolute Gasteiger partial charge is 0.410 e. The molecular formula is C14H17BrClNO3. The first-order valence-corrected chi connectivity index (χ1v) is 7.44. The second-order valence-electron chi connectivity index (χ2n) is 6.00. The Bertz CT molecular complexity index is 536. The molecule has 0 unspecified atom stereocenters. The number of benzene rings is 1. The van der Waals surface area contributed by atoms with E-state index >= 15 is 0 Å². The van der Waals surface area contributed by atoms with Crippen LogP contribution in [0.1, 0.15) is 26.3 Å². The number of aliphatic hydroxyl groups is 1. The minimum atomic E-state index is -1.05. The first-order chi connectivity index (χ1) is 9.11. The highest BCUT2D eigenvalue weighted by Gasteiger charge is 2.46. The maximum Gasteiger partial charge on any atom is 0.410 e. The van der Waals surface area contributed by atoms with E-state index < -0.39 is 17.3 Å². The molecule has 1 heterocycles. The van der Waals surface area contributed by atoms with Crippen molar-refractivity contribution in [2.45, 2.75) is 32.0 Å². The van der Waals surface area contributed by atoms with E-state index in [1.54, 1.807) is 18.2 Å². The minimum Gasteiger partial charge on any atom is -0.444 e. The zero-order chi connectivity index (χ0) is 15.1. The molecule has 0 aliphatic carbocycles. The van der Waals surface area contributed by atoms with E-state index in [1.807, 2.05) is 20.8 Å². The summed E-state index contributed by atoms with van der Waals surface area (Å²) in [4.78, 5) is 13.3. The van der Waals surface area contributed by atoms with Gasteiger partial charge in [0.15, 0.2) is 0 Å². The van der Waals surface area contributed by atoms with Gasteiger partial charge in [0.2, 0.25) is 0 Å². The number of carbonyl (C=O) groups excluding carboxylic acids is 1. The molecule has 20 heavy (non-hydrogen) atoms. The number of hydrogen-bond acceptors (Lipinski definition) is 3. The Morgan fingerprint density at radius 3 is 2.55 bits per heavy atom. The van der Waals surface area contributed by atoms with Crippen molar-refractivity contribution in [1.29, 1.82) is 0 Å². The summed E-state index contributed by atoms with van der Waals surface area (Å²) in [6, 6.07) is 5.28. The summed E-state index contributed by atoms with van der Waals surface area (Å²) in [7, 11) is 0. The molecule has 1 aromatic rings. The van der Waals surface area contributed by atoms with Crippen molar-refractivity contribution < 1.29 is 14.6 Å². The lowest BCUT2D eigenvalue weighted by molar-refractivity contribution is -0.103. The summed E-state index contributed by atoms with van der Waals surface area (Å²) in [5.74, 6) is 0. The third-order valence-corrected chi connectivity index (χ3v) is 4.25. The van der Waals surface area contributed by atoms with Crippen molar-refractivity contribution in [1.82, 2.24) is 4.90 Å². The van der Waals surface area contributed by atoms with Crippen LogP contribution in [0, 0.1) is 0 Å². The largest absolute Gasteiger partial charge is 0.444 e. The van der Waals surface area contributed by atoms with Crippen molar-refractivity contribution in [3.63, 3.8) is 0 Å². The number of β-amino-alcohol motifs (C(OH)–C–C–N with tert-alkyl or cyclic N) is 1. The Labute approximate surface area is 131 Å². The van der Waals surface area contributed by atoms with Crippen LogP contribution in [0.3, 0.4) is 0 Å². The lowest BCUT2D eigenvalue weighted by Gasteiger charge is -2.46. The maximum atomic E-state index is 11.8. The first-order valence-electron chi connectivity index (χ1n) is 6.27. The predicted octanol–water partition coefficient (Wildman–Crippen LogP) is 3.54. The predicted molar refractivity (Wildman–Crippen MR) is 80.9 cm³/mol. The van der Waals surface area contributed by atoms with E-state index in [0.29, 0.717) is 10.6 Å². The lowest BCUT2D eigenvalue weighted by atomic mass is 9.86. The van der Waals surface area contributed by atoms with E-state index in [0.717, 1.165) is 4.47 Å². The van der Waals surface area contributed by atoms with Crippen molar-refractivity contribution in [3.8, 4) is 0 Å². The summed E-state index contributed by atoms with van der Waals surface area (Å²) >= 11 is 9.33. The second kappa shape index (κ2) is 5.20. The Balaban J connectivity index is 2.03. The molecule has 2 rings (SSSR count). The molecule has 1 amide bonds. The minimum absolute atomic E-state index is 0.208. The Kier molecular flexibility index (Phi) is 4.06. The van der Waals surface area contributed by atoms with Crippen LogP contribution in [0.4, 0.5) is 4.79 Å². The fourth-order valence-corrected chi connectivity index (χ4v) is 2.44. The van der Waals surface area contributed by atoms with Crippen LogP contribution in [0.2, 0.25) is 5.02 Å². The van der Waals surface area contributed by atoms with E-state index in [-0.39, 0.29) is 13.1 Å². The Morgan fingerprint density at radius 2 is 2.05 bits per heavy atom. The second-order valence-corrected chi connectivity index (χ2v) is 7.26. The Hall–Kier alpha value is -0.780. The van der Waals surface area contributed by atoms with Gasteiger partial charge < -0.3 is 14.7 Å². The fraction of sp³-hybridized carbons (Fsp3) is 0.500. The number of halogens is 2. The van der Waals surface area contributed by atoms with Crippen LogP contribution >= 0.6 is 27.5 Å². The van der Waals surface area contributed by atoms with E-state index in [4.69, 9.17) is 16.3 Å². The van der Waals surface area contributed by atoms with Gasteiger partial charge in [-0.1, -0.05) is 17.7 Å². The average molecular weight is 363 g/mol. The number of ether oxygens (including phenoxy) is 1. The average Bonchev–Trinajstić information content (AvgIpc) is 2.26.